The summed E-state index contributed by atoms with van der Waals surface area (Å²) in [7, 11) is -1.79. The van der Waals surface area contributed by atoms with Gasteiger partial charge < -0.3 is 9.31 Å². The Balaban J connectivity index is 1.72. The van der Waals surface area contributed by atoms with E-state index in [1.54, 1.807) is 0 Å². The predicted octanol–water partition coefficient (Wildman–Crippen LogP) is 3.85. The largest absolute Gasteiger partial charge is 0.494 e. The van der Waals surface area contributed by atoms with Crippen molar-refractivity contribution in [1.82, 2.24) is 4.72 Å². The van der Waals surface area contributed by atoms with E-state index in [9.17, 15) is 0 Å². The maximum Gasteiger partial charge on any atom is 0.494 e. The van der Waals surface area contributed by atoms with Crippen LogP contribution in [0.2, 0.25) is 0 Å². The molecule has 5 heteroatoms. The molecule has 1 aliphatic heterocycles. The predicted molar refractivity (Wildman–Crippen MR) is 112 cm³/mol. The van der Waals surface area contributed by atoms with Gasteiger partial charge in [0.15, 0.2) is 0 Å². The van der Waals surface area contributed by atoms with E-state index in [2.05, 4.69) is 68.4 Å². The Labute approximate surface area is 154 Å². The summed E-state index contributed by atoms with van der Waals surface area (Å²) in [6.07, 6.45) is 6.47. The molecule has 0 amide bonds. The topological polar surface area (TPSA) is 30.5 Å². The van der Waals surface area contributed by atoms with Gasteiger partial charge in [-0.25, -0.2) is 0 Å². The van der Waals surface area contributed by atoms with E-state index >= 15 is 0 Å². The summed E-state index contributed by atoms with van der Waals surface area (Å²) in [6, 6.07) is 9.01. The molecule has 0 aromatic heterocycles. The van der Waals surface area contributed by atoms with Crippen molar-refractivity contribution in [2.45, 2.75) is 81.9 Å². The smallest absolute Gasteiger partial charge is 0.399 e. The summed E-state index contributed by atoms with van der Waals surface area (Å²) in [6.45, 7) is 8.32. The lowest BCUT2D eigenvalue weighted by molar-refractivity contribution is 0.00578. The zero-order valence-corrected chi connectivity index (χ0v) is 17.0. The molecule has 0 radical (unpaired) electrons. The molecule has 1 aliphatic carbocycles. The van der Waals surface area contributed by atoms with E-state index in [0.717, 1.165) is 5.46 Å². The van der Waals surface area contributed by atoms with E-state index < -0.39 is 9.39 Å². The van der Waals surface area contributed by atoms with E-state index in [-0.39, 0.29) is 18.3 Å². The lowest BCUT2D eigenvalue weighted by Gasteiger charge is -2.32. The minimum Gasteiger partial charge on any atom is -0.399 e. The summed E-state index contributed by atoms with van der Waals surface area (Å²) in [5.41, 5.74) is 0.425. The maximum atomic E-state index is 6.13. The fraction of sp³-hybridized carbons (Fsp3) is 0.600. The first kappa shape index (κ1) is 19.0. The highest BCUT2D eigenvalue weighted by molar-refractivity contribution is 8.26. The van der Waals surface area contributed by atoms with E-state index in [1.165, 1.54) is 37.0 Å². The molecule has 3 rings (SSSR count). The molecule has 0 unspecified atom stereocenters. The number of nitrogens with one attached hydrogen (secondary N) is 1. The second kappa shape index (κ2) is 6.77. The second-order valence-corrected chi connectivity index (χ2v) is 11.0. The van der Waals surface area contributed by atoms with Gasteiger partial charge in [0.2, 0.25) is 0 Å². The third-order valence-corrected chi connectivity index (χ3v) is 7.81. The molecule has 25 heavy (non-hydrogen) atoms. The number of rotatable bonds is 4. The molecule has 2 aliphatic rings. The van der Waals surface area contributed by atoms with Crippen molar-refractivity contribution in [1.29, 1.82) is 0 Å². The second-order valence-electron chi connectivity index (χ2n) is 8.49. The highest BCUT2D eigenvalue weighted by Crippen LogP contribution is 2.37. The van der Waals surface area contributed by atoms with Gasteiger partial charge in [-0.2, -0.15) is 0 Å². The lowest BCUT2D eigenvalue weighted by atomic mass is 9.79. The summed E-state index contributed by atoms with van der Waals surface area (Å²) < 4.78 is 16.0. The normalized spacial score (nSPS) is 23.8. The molecule has 1 N–H and O–H groups in total. The quantitative estimate of drug-likeness (QED) is 0.653. The van der Waals surface area contributed by atoms with Crippen LogP contribution in [0.1, 0.15) is 59.8 Å². The lowest BCUT2D eigenvalue weighted by Crippen LogP contribution is -2.41. The van der Waals surface area contributed by atoms with Gasteiger partial charge in [0.05, 0.1) is 11.2 Å². The van der Waals surface area contributed by atoms with Crippen molar-refractivity contribution in [3.63, 3.8) is 0 Å². The van der Waals surface area contributed by atoms with Crippen molar-refractivity contribution in [3.05, 3.63) is 24.3 Å². The van der Waals surface area contributed by atoms with E-state index in [1.807, 2.05) is 0 Å². The molecule has 0 atom stereocenters. The van der Waals surface area contributed by atoms with Gasteiger partial charge in [0, 0.05) is 10.9 Å². The van der Waals surface area contributed by atoms with E-state index in [4.69, 9.17) is 9.31 Å². The Bertz CT molecular complexity index is 688. The average molecular weight is 361 g/mol. The molecule has 2 fully saturated rings. The van der Waals surface area contributed by atoms with Gasteiger partial charge in [-0.1, -0.05) is 43.1 Å². The van der Waals surface area contributed by atoms with Gasteiger partial charge in [-0.15, -0.1) is 9.39 Å². The fourth-order valence-corrected chi connectivity index (χ4v) is 5.14. The van der Waals surface area contributed by atoms with Crippen molar-refractivity contribution in [3.8, 4) is 0 Å². The van der Waals surface area contributed by atoms with Crippen LogP contribution in [0.4, 0.5) is 0 Å². The highest BCUT2D eigenvalue weighted by atomic mass is 32.2. The van der Waals surface area contributed by atoms with Crippen LogP contribution in [0.3, 0.4) is 0 Å². The first-order valence-corrected chi connectivity index (χ1v) is 11.3. The number of hydrogen-bond acceptors (Lipinski definition) is 3. The first-order chi connectivity index (χ1) is 11.6. The van der Waals surface area contributed by atoms with Gasteiger partial charge in [-0.3, -0.25) is 4.72 Å². The Kier molecular flexibility index (Phi) is 5.15. The average Bonchev–Trinajstić information content (AvgIpc) is 2.76. The standard InChI is InChI=1S/C20H32BNO2S/c1-19(2)20(3,4)24-21(23-19)16-12-14-18(15-13-16)25(5,6)22-17-10-8-7-9-11-17/h12-15,17,22H,5-11H2,1-4H3. The third kappa shape index (κ3) is 4.00. The van der Waals surface area contributed by atoms with Gasteiger partial charge in [-0.05, 0) is 58.1 Å². The highest BCUT2D eigenvalue weighted by Gasteiger charge is 2.51. The van der Waals surface area contributed by atoms with Crippen LogP contribution in [-0.4, -0.2) is 36.1 Å². The summed E-state index contributed by atoms with van der Waals surface area (Å²) >= 11 is 0. The monoisotopic (exact) mass is 361 g/mol. The minimum absolute atomic E-state index is 0.313. The van der Waals surface area contributed by atoms with Gasteiger partial charge >= 0.3 is 7.12 Å². The Morgan fingerprint density at radius 3 is 2.00 bits per heavy atom. The van der Waals surface area contributed by atoms with Crippen molar-refractivity contribution < 1.29 is 9.31 Å². The van der Waals surface area contributed by atoms with Crippen LogP contribution in [0.25, 0.3) is 0 Å². The molecule has 1 aromatic rings. The number of benzene rings is 1. The molecule has 3 nitrogen and oxygen atoms in total. The zero-order chi connectivity index (χ0) is 18.3. The van der Waals surface area contributed by atoms with Crippen molar-refractivity contribution in [2.75, 3.05) is 0 Å². The Morgan fingerprint density at radius 1 is 0.960 bits per heavy atom. The molecular formula is C20H32BNO2S. The SMILES string of the molecule is C=S(=C)(NC1CCCCC1)c1ccc(B2OC(C)(C)C(C)(C)O2)cc1. The maximum absolute atomic E-state index is 6.13. The third-order valence-electron chi connectivity index (χ3n) is 5.85. The first-order valence-electron chi connectivity index (χ1n) is 9.33. The molecule has 138 valence electrons. The van der Waals surface area contributed by atoms with E-state index in [0.29, 0.717) is 6.04 Å². The number of hydrogen-bond donors (Lipinski definition) is 1. The molecule has 0 bridgehead atoms. The van der Waals surface area contributed by atoms with Crippen LogP contribution in [0, 0.1) is 0 Å². The zero-order valence-electron chi connectivity index (χ0n) is 16.1. The summed E-state index contributed by atoms with van der Waals surface area (Å²) in [4.78, 5) is 1.18. The molecule has 1 aromatic carbocycles. The van der Waals surface area contributed by atoms with Gasteiger partial charge in [0.1, 0.15) is 0 Å². The molecule has 1 heterocycles. The van der Waals surface area contributed by atoms with Crippen LogP contribution >= 0.6 is 9.39 Å². The molecule has 1 saturated carbocycles. The van der Waals surface area contributed by atoms with Crippen LogP contribution in [0.5, 0.6) is 0 Å². The molecule has 1 saturated heterocycles. The minimum atomic E-state index is -1.48. The van der Waals surface area contributed by atoms with Crippen LogP contribution in [-0.2, 0) is 9.31 Å². The molecule has 0 spiro atoms. The van der Waals surface area contributed by atoms with Crippen LogP contribution in [0.15, 0.2) is 29.2 Å². The Hall–Kier alpha value is -0.745. The molecular weight excluding hydrogens is 329 g/mol. The fourth-order valence-electron chi connectivity index (χ4n) is 3.47. The van der Waals surface area contributed by atoms with Crippen LogP contribution < -0.4 is 10.2 Å². The van der Waals surface area contributed by atoms with Crippen molar-refractivity contribution >= 4 is 33.7 Å². The summed E-state index contributed by atoms with van der Waals surface area (Å²) in [5.74, 6) is 8.81. The Morgan fingerprint density at radius 2 is 1.48 bits per heavy atom. The summed E-state index contributed by atoms with van der Waals surface area (Å²) in [5, 5.41) is 0. The van der Waals surface area contributed by atoms with Gasteiger partial charge in [0.25, 0.3) is 0 Å². The van der Waals surface area contributed by atoms with Crippen molar-refractivity contribution in [2.24, 2.45) is 0 Å².